The molecule has 3 aromatic heterocycles. The maximum absolute atomic E-state index is 6.35. The van der Waals surface area contributed by atoms with Gasteiger partial charge in [-0.1, -0.05) is 115 Å². The summed E-state index contributed by atoms with van der Waals surface area (Å²) in [4.78, 5) is 10.4. The summed E-state index contributed by atoms with van der Waals surface area (Å²) in [6.07, 6.45) is 0. The molecule has 0 amide bonds. The second-order valence-corrected chi connectivity index (χ2v) is 13.0. The summed E-state index contributed by atoms with van der Waals surface area (Å²) in [7, 11) is 0. The van der Waals surface area contributed by atoms with Gasteiger partial charge in [-0.3, -0.25) is 4.57 Å². The molecule has 7 aromatic carbocycles. The van der Waals surface area contributed by atoms with Crippen molar-refractivity contribution in [3.8, 4) is 56.8 Å². The summed E-state index contributed by atoms with van der Waals surface area (Å²) < 4.78 is 10.9. The number of ether oxygens (including phenoxy) is 1. The van der Waals surface area contributed by atoms with Gasteiger partial charge in [0.2, 0.25) is 5.95 Å². The molecule has 1 aliphatic heterocycles. The molecular weight excluding hydrogens is 625 g/mol. The lowest BCUT2D eigenvalue weighted by molar-refractivity contribution is 0.476. The van der Waals surface area contributed by atoms with Gasteiger partial charge in [0.05, 0.1) is 39.1 Å². The van der Waals surface area contributed by atoms with Crippen LogP contribution in [0.1, 0.15) is 0 Å². The summed E-state index contributed by atoms with van der Waals surface area (Å²) in [5.41, 5.74) is 11.6. The van der Waals surface area contributed by atoms with E-state index in [1.807, 2.05) is 24.3 Å². The Balaban J connectivity index is 1.11. The molecule has 5 heteroatoms. The molecule has 5 nitrogen and oxygen atoms in total. The van der Waals surface area contributed by atoms with Gasteiger partial charge in [-0.25, -0.2) is 9.97 Å². The van der Waals surface area contributed by atoms with E-state index in [0.717, 1.165) is 78.2 Å². The Labute approximate surface area is 293 Å². The molecule has 0 fully saturated rings. The highest BCUT2D eigenvalue weighted by Gasteiger charge is 2.24. The summed E-state index contributed by atoms with van der Waals surface area (Å²) in [5, 5.41) is 4.70. The van der Waals surface area contributed by atoms with Gasteiger partial charge in [-0.15, -0.1) is 0 Å². The zero-order valence-corrected chi connectivity index (χ0v) is 27.4. The van der Waals surface area contributed by atoms with Gasteiger partial charge in [0.1, 0.15) is 0 Å². The smallest absolute Gasteiger partial charge is 0.235 e. The molecule has 51 heavy (non-hydrogen) atoms. The Bertz CT molecular complexity index is 2940. The predicted octanol–water partition coefficient (Wildman–Crippen LogP) is 11.8. The Morgan fingerprint density at radius 1 is 0.373 bits per heavy atom. The summed E-state index contributed by atoms with van der Waals surface area (Å²) in [6, 6.07) is 59.5. The summed E-state index contributed by atoms with van der Waals surface area (Å²) in [6.45, 7) is 0. The van der Waals surface area contributed by atoms with Crippen LogP contribution in [0.5, 0.6) is 11.5 Å². The third-order valence-electron chi connectivity index (χ3n) is 10.1. The van der Waals surface area contributed by atoms with Crippen LogP contribution in [0.15, 0.2) is 170 Å². The monoisotopic (exact) mass is 652 g/mol. The number of aromatic nitrogens is 4. The van der Waals surface area contributed by atoms with Crippen LogP contribution < -0.4 is 4.74 Å². The third-order valence-corrected chi connectivity index (χ3v) is 10.1. The quantitative estimate of drug-likeness (QED) is 0.190. The molecule has 4 heterocycles. The first-order valence-corrected chi connectivity index (χ1v) is 17.2. The van der Waals surface area contributed by atoms with Gasteiger partial charge in [0.15, 0.2) is 11.5 Å². The average Bonchev–Trinajstić information content (AvgIpc) is 3.72. The highest BCUT2D eigenvalue weighted by Crippen LogP contribution is 2.46. The molecule has 10 aromatic rings. The second-order valence-electron chi connectivity index (χ2n) is 13.0. The number of hydrogen-bond donors (Lipinski definition) is 0. The van der Waals surface area contributed by atoms with Crippen LogP contribution >= 0.6 is 0 Å². The maximum atomic E-state index is 6.35. The zero-order valence-electron chi connectivity index (χ0n) is 27.4. The van der Waals surface area contributed by atoms with Crippen molar-refractivity contribution in [2.45, 2.75) is 0 Å². The molecule has 0 saturated carbocycles. The lowest BCUT2D eigenvalue weighted by Crippen LogP contribution is -2.04. The normalized spacial score (nSPS) is 12.1. The van der Waals surface area contributed by atoms with Gasteiger partial charge in [-0.05, 0) is 65.7 Å². The third kappa shape index (κ3) is 4.22. The molecule has 0 atom stereocenters. The number of fused-ring (bicyclic) bond motifs is 8. The van der Waals surface area contributed by atoms with E-state index in [9.17, 15) is 0 Å². The van der Waals surface area contributed by atoms with Gasteiger partial charge < -0.3 is 9.30 Å². The van der Waals surface area contributed by atoms with Gasteiger partial charge in [0, 0.05) is 32.7 Å². The van der Waals surface area contributed by atoms with Crippen LogP contribution in [0, 0.1) is 0 Å². The largest absolute Gasteiger partial charge is 0.453 e. The van der Waals surface area contributed by atoms with Gasteiger partial charge >= 0.3 is 0 Å². The molecule has 0 spiro atoms. The van der Waals surface area contributed by atoms with E-state index < -0.39 is 0 Å². The molecule has 0 unspecified atom stereocenters. The van der Waals surface area contributed by atoms with Crippen LogP contribution in [-0.4, -0.2) is 19.1 Å². The van der Waals surface area contributed by atoms with E-state index in [1.165, 1.54) is 16.3 Å². The lowest BCUT2D eigenvalue weighted by atomic mass is 10.0. The zero-order chi connectivity index (χ0) is 33.5. The van der Waals surface area contributed by atoms with E-state index >= 15 is 0 Å². The topological polar surface area (TPSA) is 44.9 Å². The molecule has 1 aliphatic rings. The predicted molar refractivity (Wildman–Crippen MR) is 207 cm³/mol. The van der Waals surface area contributed by atoms with Crippen molar-refractivity contribution in [1.82, 2.24) is 19.1 Å². The van der Waals surface area contributed by atoms with Crippen molar-refractivity contribution in [3.05, 3.63) is 170 Å². The molecule has 0 aliphatic carbocycles. The van der Waals surface area contributed by atoms with Crippen LogP contribution in [0.2, 0.25) is 0 Å². The minimum atomic E-state index is 0.646. The fourth-order valence-corrected chi connectivity index (χ4v) is 7.81. The summed E-state index contributed by atoms with van der Waals surface area (Å²) in [5.74, 6) is 2.40. The summed E-state index contributed by atoms with van der Waals surface area (Å²) >= 11 is 0. The van der Waals surface area contributed by atoms with Gasteiger partial charge in [0.25, 0.3) is 0 Å². The second kappa shape index (κ2) is 10.8. The van der Waals surface area contributed by atoms with Crippen molar-refractivity contribution in [2.24, 2.45) is 0 Å². The number of hydrogen-bond acceptors (Lipinski definition) is 3. The number of benzene rings is 7. The molecule has 0 N–H and O–H groups in total. The standard InChI is InChI=1S/C46H28N4O/c1-3-12-29(13-4-1)37-28-38(30-14-5-2-6-15-30)48-46(47-37)50-39-18-8-7-16-33(39)35-26-31(23-25-41(35)50)32-22-24-40-36(27-32)34-17-11-21-44-45(34)49(40)42-19-9-10-20-43(42)51-44/h1-28H. The number of para-hydroxylation sites is 4. The van der Waals surface area contributed by atoms with E-state index in [2.05, 4.69) is 155 Å². The van der Waals surface area contributed by atoms with Crippen molar-refractivity contribution in [3.63, 3.8) is 0 Å². The molecule has 11 rings (SSSR count). The highest BCUT2D eigenvalue weighted by molar-refractivity contribution is 6.14. The van der Waals surface area contributed by atoms with Gasteiger partial charge in [-0.2, -0.15) is 0 Å². The average molecular weight is 653 g/mol. The van der Waals surface area contributed by atoms with Crippen LogP contribution in [0.25, 0.3) is 88.9 Å². The van der Waals surface area contributed by atoms with Crippen molar-refractivity contribution in [1.29, 1.82) is 0 Å². The highest BCUT2D eigenvalue weighted by atomic mass is 16.5. The fourth-order valence-electron chi connectivity index (χ4n) is 7.81. The Morgan fingerprint density at radius 2 is 0.922 bits per heavy atom. The Kier molecular flexibility index (Phi) is 5.89. The Hall–Kier alpha value is -6.98. The SMILES string of the molecule is c1ccc(-c2cc(-c3ccccc3)nc(-n3c4ccccc4c4cc(-c5ccc6c(c5)c5cccc7c5n6-c5ccccc5O7)ccc43)n2)cc1. The van der Waals surface area contributed by atoms with Crippen LogP contribution in [0.3, 0.4) is 0 Å². The molecular formula is C46H28N4O. The van der Waals surface area contributed by atoms with E-state index in [4.69, 9.17) is 14.7 Å². The first kappa shape index (κ1) is 27.9. The van der Waals surface area contributed by atoms with Crippen molar-refractivity contribution in [2.75, 3.05) is 0 Å². The Morgan fingerprint density at radius 3 is 1.65 bits per heavy atom. The number of nitrogens with zero attached hydrogens (tertiary/aromatic N) is 4. The van der Waals surface area contributed by atoms with Crippen LogP contribution in [0.4, 0.5) is 0 Å². The van der Waals surface area contributed by atoms with E-state index in [1.54, 1.807) is 0 Å². The fraction of sp³-hybridized carbons (Fsp3) is 0. The number of rotatable bonds is 4. The van der Waals surface area contributed by atoms with E-state index in [0.29, 0.717) is 5.95 Å². The maximum Gasteiger partial charge on any atom is 0.235 e. The first-order chi connectivity index (χ1) is 25.3. The minimum absolute atomic E-state index is 0.646. The van der Waals surface area contributed by atoms with Crippen LogP contribution in [-0.2, 0) is 0 Å². The first-order valence-electron chi connectivity index (χ1n) is 17.2. The lowest BCUT2D eigenvalue weighted by Gasteiger charge is -2.20. The van der Waals surface area contributed by atoms with Crippen molar-refractivity contribution < 1.29 is 4.74 Å². The molecule has 238 valence electrons. The molecule has 0 bridgehead atoms. The molecule has 0 radical (unpaired) electrons. The van der Waals surface area contributed by atoms with E-state index in [-0.39, 0.29) is 0 Å². The minimum Gasteiger partial charge on any atom is -0.453 e. The molecule has 0 saturated heterocycles. The van der Waals surface area contributed by atoms with Crippen molar-refractivity contribution >= 4 is 43.6 Å².